The van der Waals surface area contributed by atoms with Gasteiger partial charge in [-0.2, -0.15) is 4.98 Å². The van der Waals surface area contributed by atoms with Crippen molar-refractivity contribution in [3.63, 3.8) is 0 Å². The summed E-state index contributed by atoms with van der Waals surface area (Å²) < 4.78 is 5.67. The van der Waals surface area contributed by atoms with Crippen LogP contribution in [0.2, 0.25) is 0 Å². The molecule has 0 saturated heterocycles. The van der Waals surface area contributed by atoms with Crippen LogP contribution in [0.4, 0.5) is 11.7 Å². The Bertz CT molecular complexity index is 564. The van der Waals surface area contributed by atoms with Crippen LogP contribution in [0, 0.1) is 11.8 Å². The zero-order valence-electron chi connectivity index (χ0n) is 11.4. The molecular formula is C15H21N3O. The van der Waals surface area contributed by atoms with E-state index in [0.29, 0.717) is 11.7 Å². The monoisotopic (exact) mass is 259 g/mol. The van der Waals surface area contributed by atoms with Gasteiger partial charge in [0.15, 0.2) is 5.58 Å². The van der Waals surface area contributed by atoms with E-state index in [-0.39, 0.29) is 0 Å². The average molecular weight is 259 g/mol. The molecule has 0 radical (unpaired) electrons. The van der Waals surface area contributed by atoms with E-state index in [1.807, 2.05) is 18.2 Å². The van der Waals surface area contributed by atoms with Crippen molar-refractivity contribution in [3.8, 4) is 0 Å². The first-order valence-corrected chi connectivity index (χ1v) is 7.12. The predicted octanol–water partition coefficient (Wildman–Crippen LogP) is 3.65. The first-order valence-electron chi connectivity index (χ1n) is 7.12. The van der Waals surface area contributed by atoms with Crippen molar-refractivity contribution >= 4 is 22.8 Å². The Morgan fingerprint density at radius 1 is 1.37 bits per heavy atom. The van der Waals surface area contributed by atoms with Crippen LogP contribution >= 0.6 is 0 Å². The highest BCUT2D eigenvalue weighted by atomic mass is 16.4. The van der Waals surface area contributed by atoms with Gasteiger partial charge < -0.3 is 15.5 Å². The fraction of sp³-hybridized carbons (Fsp3) is 0.533. The van der Waals surface area contributed by atoms with Crippen molar-refractivity contribution in [1.82, 2.24) is 4.98 Å². The smallest absolute Gasteiger partial charge is 0.295 e. The van der Waals surface area contributed by atoms with E-state index < -0.39 is 0 Å². The van der Waals surface area contributed by atoms with Gasteiger partial charge in [-0.05, 0) is 30.4 Å². The number of nitrogens with one attached hydrogen (secondary N) is 1. The van der Waals surface area contributed by atoms with E-state index in [9.17, 15) is 0 Å². The molecule has 1 fully saturated rings. The number of nitrogens with two attached hydrogens (primary N) is 1. The molecule has 3 N–H and O–H groups in total. The van der Waals surface area contributed by atoms with E-state index >= 15 is 0 Å². The van der Waals surface area contributed by atoms with Gasteiger partial charge in [0.25, 0.3) is 6.01 Å². The summed E-state index contributed by atoms with van der Waals surface area (Å²) in [5.41, 5.74) is 8.04. The molecule has 102 valence electrons. The van der Waals surface area contributed by atoms with Crippen LogP contribution in [0.1, 0.15) is 32.6 Å². The lowest BCUT2D eigenvalue weighted by Crippen LogP contribution is -2.24. The van der Waals surface area contributed by atoms with Crippen LogP contribution in [0.15, 0.2) is 22.6 Å². The third-order valence-corrected chi connectivity index (χ3v) is 4.22. The minimum atomic E-state index is 0.610. The molecule has 0 amide bonds. The minimum absolute atomic E-state index is 0.610. The van der Waals surface area contributed by atoms with Gasteiger partial charge in [0.1, 0.15) is 5.52 Å². The number of nitrogen functional groups attached to an aromatic ring is 1. The van der Waals surface area contributed by atoms with Gasteiger partial charge in [0.05, 0.1) is 0 Å². The fourth-order valence-electron chi connectivity index (χ4n) is 2.93. The van der Waals surface area contributed by atoms with Crippen LogP contribution in [0.25, 0.3) is 11.1 Å². The Balaban J connectivity index is 1.68. The summed E-state index contributed by atoms with van der Waals surface area (Å²) in [6.07, 6.45) is 5.37. The molecule has 1 aromatic carbocycles. The lowest BCUT2D eigenvalue weighted by atomic mass is 9.80. The van der Waals surface area contributed by atoms with Crippen molar-refractivity contribution in [3.05, 3.63) is 18.2 Å². The molecule has 3 rings (SSSR count). The molecule has 1 heterocycles. The second-order valence-corrected chi connectivity index (χ2v) is 5.65. The van der Waals surface area contributed by atoms with E-state index in [2.05, 4.69) is 17.2 Å². The quantitative estimate of drug-likeness (QED) is 0.826. The van der Waals surface area contributed by atoms with E-state index in [0.717, 1.165) is 29.5 Å². The SMILES string of the molecule is CC1CCCCC1CNc1nc2ccc(N)cc2o1. The zero-order valence-corrected chi connectivity index (χ0v) is 11.4. The Morgan fingerprint density at radius 3 is 3.05 bits per heavy atom. The van der Waals surface area contributed by atoms with E-state index in [4.69, 9.17) is 10.2 Å². The Kier molecular flexibility index (Phi) is 3.32. The largest absolute Gasteiger partial charge is 0.423 e. The Labute approximate surface area is 113 Å². The number of aromatic nitrogens is 1. The van der Waals surface area contributed by atoms with Crippen LogP contribution in [0.5, 0.6) is 0 Å². The van der Waals surface area contributed by atoms with Gasteiger partial charge in [0.2, 0.25) is 0 Å². The topological polar surface area (TPSA) is 64.1 Å². The lowest BCUT2D eigenvalue weighted by Gasteiger charge is -2.28. The maximum absolute atomic E-state index is 5.73. The number of oxazole rings is 1. The number of fused-ring (bicyclic) bond motifs is 1. The van der Waals surface area contributed by atoms with Crippen LogP contribution in [0.3, 0.4) is 0 Å². The molecule has 0 spiro atoms. The highest BCUT2D eigenvalue weighted by molar-refractivity contribution is 5.78. The molecular weight excluding hydrogens is 238 g/mol. The molecule has 0 bridgehead atoms. The standard InChI is InChI=1S/C15H21N3O/c1-10-4-2-3-5-11(10)9-17-15-18-13-7-6-12(16)8-14(13)19-15/h6-8,10-11H,2-5,9,16H2,1H3,(H,17,18). The molecule has 4 nitrogen and oxygen atoms in total. The van der Waals surface area contributed by atoms with Crippen LogP contribution in [-0.4, -0.2) is 11.5 Å². The highest BCUT2D eigenvalue weighted by Gasteiger charge is 2.21. The van der Waals surface area contributed by atoms with Crippen molar-refractivity contribution in [1.29, 1.82) is 0 Å². The highest BCUT2D eigenvalue weighted by Crippen LogP contribution is 2.30. The molecule has 1 aliphatic rings. The molecule has 0 aliphatic heterocycles. The number of nitrogens with zero attached hydrogens (tertiary/aromatic N) is 1. The summed E-state index contributed by atoms with van der Waals surface area (Å²) >= 11 is 0. The van der Waals surface area contributed by atoms with Crippen molar-refractivity contribution < 1.29 is 4.42 Å². The number of hydrogen-bond acceptors (Lipinski definition) is 4. The number of hydrogen-bond donors (Lipinski definition) is 2. The van der Waals surface area contributed by atoms with Crippen molar-refractivity contribution in [2.75, 3.05) is 17.6 Å². The second-order valence-electron chi connectivity index (χ2n) is 5.65. The maximum Gasteiger partial charge on any atom is 0.295 e. The van der Waals surface area contributed by atoms with E-state index in [1.165, 1.54) is 25.7 Å². The van der Waals surface area contributed by atoms with Gasteiger partial charge in [-0.3, -0.25) is 0 Å². The fourth-order valence-corrected chi connectivity index (χ4v) is 2.93. The minimum Gasteiger partial charge on any atom is -0.423 e. The van der Waals surface area contributed by atoms with Gasteiger partial charge in [-0.25, -0.2) is 0 Å². The number of rotatable bonds is 3. The summed E-state index contributed by atoms with van der Waals surface area (Å²) in [5, 5.41) is 3.34. The summed E-state index contributed by atoms with van der Waals surface area (Å²) in [7, 11) is 0. The molecule has 2 atom stereocenters. The molecule has 1 saturated carbocycles. The first-order chi connectivity index (χ1) is 9.22. The third-order valence-electron chi connectivity index (χ3n) is 4.22. The van der Waals surface area contributed by atoms with E-state index in [1.54, 1.807) is 0 Å². The van der Waals surface area contributed by atoms with Crippen LogP contribution in [-0.2, 0) is 0 Å². The van der Waals surface area contributed by atoms with Crippen molar-refractivity contribution in [2.45, 2.75) is 32.6 Å². The molecule has 19 heavy (non-hydrogen) atoms. The van der Waals surface area contributed by atoms with Gasteiger partial charge in [-0.15, -0.1) is 0 Å². The predicted molar refractivity (Wildman–Crippen MR) is 78.0 cm³/mol. The zero-order chi connectivity index (χ0) is 13.2. The lowest BCUT2D eigenvalue weighted by molar-refractivity contribution is 0.267. The molecule has 1 aliphatic carbocycles. The Hall–Kier alpha value is -1.71. The summed E-state index contributed by atoms with van der Waals surface area (Å²) in [5.74, 6) is 1.52. The third kappa shape index (κ3) is 2.67. The maximum atomic E-state index is 5.73. The summed E-state index contributed by atoms with van der Waals surface area (Å²) in [6.45, 7) is 3.29. The molecule has 2 aromatic rings. The average Bonchev–Trinajstić information content (AvgIpc) is 2.79. The molecule has 4 heteroatoms. The Morgan fingerprint density at radius 2 is 2.21 bits per heavy atom. The molecule has 1 aromatic heterocycles. The number of benzene rings is 1. The van der Waals surface area contributed by atoms with Gasteiger partial charge in [0, 0.05) is 18.3 Å². The first kappa shape index (κ1) is 12.3. The summed E-state index contributed by atoms with van der Waals surface area (Å²) in [4.78, 5) is 4.43. The second kappa shape index (κ2) is 5.11. The van der Waals surface area contributed by atoms with Crippen molar-refractivity contribution in [2.24, 2.45) is 11.8 Å². The number of anilines is 2. The molecule has 2 unspecified atom stereocenters. The van der Waals surface area contributed by atoms with Gasteiger partial charge in [-0.1, -0.05) is 26.2 Å². The normalized spacial score (nSPS) is 23.6. The summed E-state index contributed by atoms with van der Waals surface area (Å²) in [6, 6.07) is 6.16. The van der Waals surface area contributed by atoms with Crippen LogP contribution < -0.4 is 11.1 Å². The van der Waals surface area contributed by atoms with Gasteiger partial charge >= 0.3 is 0 Å².